The van der Waals surface area contributed by atoms with E-state index in [1.807, 2.05) is 50.5 Å². The molecule has 0 aliphatic carbocycles. The first-order valence-electron chi connectivity index (χ1n) is 3.87. The van der Waals surface area contributed by atoms with Gasteiger partial charge >= 0.3 is 0 Å². The fourth-order valence-electron chi connectivity index (χ4n) is 0.365. The van der Waals surface area contributed by atoms with Crippen molar-refractivity contribution in [3.8, 4) is 0 Å². The third kappa shape index (κ3) is 10.6. The molecule has 0 saturated heterocycles. The van der Waals surface area contributed by atoms with Crippen LogP contribution in [0.3, 0.4) is 0 Å². The summed E-state index contributed by atoms with van der Waals surface area (Å²) in [5, 5.41) is 0. The van der Waals surface area contributed by atoms with Crippen LogP contribution in [-0.2, 0) is 0 Å². The summed E-state index contributed by atoms with van der Waals surface area (Å²) >= 11 is 12.9. The van der Waals surface area contributed by atoms with E-state index in [9.17, 15) is 0 Å². The van der Waals surface area contributed by atoms with Crippen LogP contribution >= 0.6 is 48.0 Å². The van der Waals surface area contributed by atoms with E-state index < -0.39 is 0 Å². The van der Waals surface area contributed by atoms with Gasteiger partial charge in [0.2, 0.25) is 0 Å². The number of thiocarbonyl (C=S) groups is 2. The maximum atomic E-state index is 4.87. The summed E-state index contributed by atoms with van der Waals surface area (Å²) < 4.78 is 1.86. The van der Waals surface area contributed by atoms with Gasteiger partial charge in [-0.1, -0.05) is 24.4 Å². The molecular weight excluding hydrogens is 252 g/mol. The monoisotopic (exact) mass is 270 g/mol. The van der Waals surface area contributed by atoms with Gasteiger partial charge in [-0.3, -0.25) is 0 Å². The molecule has 0 spiro atoms. The maximum Gasteiger partial charge on any atom is 0.135 e. The topological polar surface area (TPSA) is 6.48 Å². The predicted octanol–water partition coefficient (Wildman–Crippen LogP) is 2.39. The number of nitrogens with zero attached hydrogens (tertiary/aromatic N) is 2. The molecule has 2 nitrogen and oxygen atoms in total. The van der Waals surface area contributed by atoms with Gasteiger partial charge in [0.25, 0.3) is 0 Å². The van der Waals surface area contributed by atoms with Gasteiger partial charge in [0.1, 0.15) is 8.64 Å². The molecule has 0 unspecified atom stereocenters. The minimum atomic E-state index is 0.931. The summed E-state index contributed by atoms with van der Waals surface area (Å²) in [6.07, 6.45) is 3.95. The highest BCUT2D eigenvalue weighted by Gasteiger charge is 1.91. The van der Waals surface area contributed by atoms with Crippen molar-refractivity contribution in [1.82, 2.24) is 9.80 Å². The molecule has 0 saturated carbocycles. The Balaban J connectivity index is 0. The van der Waals surface area contributed by atoms with Crippen molar-refractivity contribution >= 4 is 56.6 Å². The number of hydrogen-bond acceptors (Lipinski definition) is 4. The second-order valence-electron chi connectivity index (χ2n) is 2.73. The molecule has 0 aromatic heterocycles. The molecule has 0 amide bonds. The Labute approximate surface area is 107 Å². The average molecular weight is 271 g/mol. The predicted molar refractivity (Wildman–Crippen MR) is 79.6 cm³/mol. The van der Waals surface area contributed by atoms with E-state index in [1.165, 1.54) is 0 Å². The molecule has 0 bridgehead atoms. The fraction of sp³-hybridized carbons (Fsp3) is 0.750. The van der Waals surface area contributed by atoms with Crippen molar-refractivity contribution in [2.45, 2.75) is 0 Å². The molecule has 0 aliphatic heterocycles. The van der Waals surface area contributed by atoms with Gasteiger partial charge in [-0.2, -0.15) is 0 Å². The largest absolute Gasteiger partial charge is 0.364 e. The molecule has 0 rings (SSSR count). The summed E-state index contributed by atoms with van der Waals surface area (Å²) in [7, 11) is 7.77. The zero-order chi connectivity index (χ0) is 11.7. The van der Waals surface area contributed by atoms with Crippen LogP contribution in [0.1, 0.15) is 0 Å². The van der Waals surface area contributed by atoms with Crippen LogP contribution in [0, 0.1) is 0 Å². The van der Waals surface area contributed by atoms with Crippen molar-refractivity contribution in [3.63, 3.8) is 0 Å². The van der Waals surface area contributed by atoms with E-state index in [-0.39, 0.29) is 0 Å². The minimum Gasteiger partial charge on any atom is -0.364 e. The Hall–Kier alpha value is 0.480. The molecule has 0 heterocycles. The quantitative estimate of drug-likeness (QED) is 0.619. The molecule has 0 N–H and O–H groups in total. The first-order chi connectivity index (χ1) is 6.36. The van der Waals surface area contributed by atoms with Gasteiger partial charge in [-0.05, 0) is 12.5 Å². The van der Waals surface area contributed by atoms with Crippen LogP contribution < -0.4 is 0 Å². The van der Waals surface area contributed by atoms with E-state index in [2.05, 4.69) is 0 Å². The summed E-state index contributed by atoms with van der Waals surface area (Å²) in [6, 6.07) is 0. The van der Waals surface area contributed by atoms with Gasteiger partial charge in [-0.25, -0.2) is 0 Å². The lowest BCUT2D eigenvalue weighted by Gasteiger charge is -2.08. The number of hydrogen-bond donors (Lipinski definition) is 0. The molecule has 0 radical (unpaired) electrons. The van der Waals surface area contributed by atoms with Gasteiger partial charge in [0.15, 0.2) is 0 Å². The molecule has 84 valence electrons. The maximum absolute atomic E-state index is 4.87. The van der Waals surface area contributed by atoms with Crippen molar-refractivity contribution in [3.05, 3.63) is 0 Å². The summed E-state index contributed by atoms with van der Waals surface area (Å²) in [6.45, 7) is 0. The Kier molecular flexibility index (Phi) is 12.1. The van der Waals surface area contributed by atoms with Gasteiger partial charge in [0.05, 0.1) is 0 Å². The van der Waals surface area contributed by atoms with Crippen LogP contribution in [0.2, 0.25) is 0 Å². The molecule has 0 aromatic carbocycles. The molecule has 0 atom stereocenters. The van der Waals surface area contributed by atoms with E-state index in [1.54, 1.807) is 23.5 Å². The molecule has 0 aromatic rings. The molecule has 6 heteroatoms. The third-order valence-electron chi connectivity index (χ3n) is 1.08. The Bertz CT molecular complexity index is 160. The fourth-order valence-corrected chi connectivity index (χ4v) is 1.10. The Morgan fingerprint density at radius 2 is 1.00 bits per heavy atom. The van der Waals surface area contributed by atoms with Gasteiger partial charge in [0, 0.05) is 28.2 Å². The minimum absolute atomic E-state index is 0.931. The lowest BCUT2D eigenvalue weighted by molar-refractivity contribution is 0.648. The van der Waals surface area contributed by atoms with Crippen LogP contribution in [-0.4, -0.2) is 59.1 Å². The van der Waals surface area contributed by atoms with Crippen molar-refractivity contribution < 1.29 is 0 Å². The normalized spacial score (nSPS) is 8.43. The Morgan fingerprint density at radius 3 is 1.00 bits per heavy atom. The number of thioether (sulfide) groups is 2. The van der Waals surface area contributed by atoms with Crippen molar-refractivity contribution in [2.24, 2.45) is 0 Å². The second kappa shape index (κ2) is 10.0. The first kappa shape index (κ1) is 16.9. The standard InChI is InChI=1S/2C4H9NS2/c2*1-5(2)4(6)7-3/h2*1-3H3. The zero-order valence-corrected chi connectivity index (χ0v) is 12.8. The molecule has 0 fully saturated rings. The highest BCUT2D eigenvalue weighted by Crippen LogP contribution is 1.98. The van der Waals surface area contributed by atoms with E-state index in [0.29, 0.717) is 0 Å². The molecule has 14 heavy (non-hydrogen) atoms. The summed E-state index contributed by atoms with van der Waals surface area (Å²) in [5.41, 5.74) is 0. The summed E-state index contributed by atoms with van der Waals surface area (Å²) in [4.78, 5) is 3.83. The zero-order valence-electron chi connectivity index (χ0n) is 9.53. The van der Waals surface area contributed by atoms with Crippen molar-refractivity contribution in [2.75, 3.05) is 40.7 Å². The first-order valence-corrected chi connectivity index (χ1v) is 7.14. The van der Waals surface area contributed by atoms with E-state index in [4.69, 9.17) is 24.4 Å². The Morgan fingerprint density at radius 1 is 0.786 bits per heavy atom. The smallest absolute Gasteiger partial charge is 0.135 e. The highest BCUT2D eigenvalue weighted by molar-refractivity contribution is 8.22. The van der Waals surface area contributed by atoms with Crippen LogP contribution in [0.25, 0.3) is 0 Å². The lowest BCUT2D eigenvalue weighted by atomic mass is 11.0. The molecular formula is C8H18N2S4. The van der Waals surface area contributed by atoms with Crippen LogP contribution in [0.5, 0.6) is 0 Å². The SMILES string of the molecule is CSC(=S)N(C)C.CSC(=S)N(C)C. The number of rotatable bonds is 0. The van der Waals surface area contributed by atoms with Crippen molar-refractivity contribution in [1.29, 1.82) is 0 Å². The molecule has 0 aliphatic rings. The highest BCUT2D eigenvalue weighted by atomic mass is 32.2. The van der Waals surface area contributed by atoms with E-state index >= 15 is 0 Å². The van der Waals surface area contributed by atoms with Crippen LogP contribution in [0.4, 0.5) is 0 Å². The second-order valence-corrected chi connectivity index (χ2v) is 5.61. The summed E-state index contributed by atoms with van der Waals surface area (Å²) in [5.74, 6) is 0. The van der Waals surface area contributed by atoms with Crippen LogP contribution in [0.15, 0.2) is 0 Å². The van der Waals surface area contributed by atoms with Gasteiger partial charge in [-0.15, -0.1) is 23.5 Å². The lowest BCUT2D eigenvalue weighted by Crippen LogP contribution is -2.15. The third-order valence-corrected chi connectivity index (χ3v) is 4.24. The van der Waals surface area contributed by atoms with E-state index in [0.717, 1.165) is 8.64 Å². The average Bonchev–Trinajstić information content (AvgIpc) is 2.15. The van der Waals surface area contributed by atoms with Gasteiger partial charge < -0.3 is 9.80 Å².